The van der Waals surface area contributed by atoms with Gasteiger partial charge in [0.25, 0.3) is 5.69 Å². The molecule has 1 aliphatic rings. The molecule has 0 unspecified atom stereocenters. The smallest absolute Gasteiger partial charge is 0.287 e. The molecule has 1 fully saturated rings. The highest BCUT2D eigenvalue weighted by Crippen LogP contribution is 2.29. The Labute approximate surface area is 105 Å². The molecule has 1 heterocycles. The van der Waals surface area contributed by atoms with Crippen molar-refractivity contribution in [3.63, 3.8) is 0 Å². The standard InChI is InChI=1S/C12H17N3O3/c1-9-6-10(15(17)18)7-13-11(9)14-8-12(16)4-2-3-5-12/h6-7,16H,2-5,8H2,1H3,(H,13,14). The average Bonchev–Trinajstić information content (AvgIpc) is 2.75. The molecule has 0 amide bonds. The Morgan fingerprint density at radius 1 is 1.56 bits per heavy atom. The summed E-state index contributed by atoms with van der Waals surface area (Å²) in [4.78, 5) is 14.2. The van der Waals surface area contributed by atoms with Crippen molar-refractivity contribution in [2.75, 3.05) is 11.9 Å². The van der Waals surface area contributed by atoms with Crippen molar-refractivity contribution < 1.29 is 10.0 Å². The molecule has 0 atom stereocenters. The summed E-state index contributed by atoms with van der Waals surface area (Å²) < 4.78 is 0. The van der Waals surface area contributed by atoms with Crippen LogP contribution in [0.25, 0.3) is 0 Å². The van der Waals surface area contributed by atoms with Gasteiger partial charge < -0.3 is 10.4 Å². The van der Waals surface area contributed by atoms with Gasteiger partial charge in [0.15, 0.2) is 0 Å². The molecule has 0 radical (unpaired) electrons. The number of aromatic nitrogens is 1. The van der Waals surface area contributed by atoms with E-state index < -0.39 is 10.5 Å². The predicted molar refractivity (Wildman–Crippen MR) is 67.5 cm³/mol. The fourth-order valence-corrected chi connectivity index (χ4v) is 2.30. The number of aliphatic hydroxyl groups is 1. The number of aryl methyl sites for hydroxylation is 1. The van der Waals surface area contributed by atoms with Crippen LogP contribution < -0.4 is 5.32 Å². The maximum absolute atomic E-state index is 10.6. The second-order valence-electron chi connectivity index (χ2n) is 4.90. The fraction of sp³-hybridized carbons (Fsp3) is 0.583. The third-order valence-electron chi connectivity index (χ3n) is 3.39. The van der Waals surface area contributed by atoms with Crippen molar-refractivity contribution in [2.24, 2.45) is 0 Å². The molecule has 2 N–H and O–H groups in total. The third kappa shape index (κ3) is 2.76. The molecule has 1 saturated carbocycles. The molecule has 98 valence electrons. The second kappa shape index (κ2) is 4.89. The van der Waals surface area contributed by atoms with Crippen LogP contribution in [0, 0.1) is 17.0 Å². The molecule has 0 aliphatic heterocycles. The summed E-state index contributed by atoms with van der Waals surface area (Å²) in [6, 6.07) is 1.48. The zero-order valence-corrected chi connectivity index (χ0v) is 10.3. The third-order valence-corrected chi connectivity index (χ3v) is 3.39. The minimum Gasteiger partial charge on any atom is -0.388 e. The highest BCUT2D eigenvalue weighted by atomic mass is 16.6. The molecule has 6 nitrogen and oxygen atoms in total. The number of nitro groups is 1. The van der Waals surface area contributed by atoms with Gasteiger partial charge >= 0.3 is 0 Å². The van der Waals surface area contributed by atoms with Crippen LogP contribution in [-0.2, 0) is 0 Å². The van der Waals surface area contributed by atoms with Gasteiger partial charge in [0.1, 0.15) is 12.0 Å². The summed E-state index contributed by atoms with van der Waals surface area (Å²) in [5, 5.41) is 23.9. The molecule has 1 aliphatic carbocycles. The van der Waals surface area contributed by atoms with E-state index >= 15 is 0 Å². The first-order valence-electron chi connectivity index (χ1n) is 6.07. The molecule has 1 aromatic heterocycles. The Morgan fingerprint density at radius 2 is 2.22 bits per heavy atom. The molecule has 18 heavy (non-hydrogen) atoms. The van der Waals surface area contributed by atoms with E-state index in [0.717, 1.165) is 25.7 Å². The van der Waals surface area contributed by atoms with Gasteiger partial charge in [0, 0.05) is 12.6 Å². The summed E-state index contributed by atoms with van der Waals surface area (Å²) in [6.45, 7) is 2.21. The largest absolute Gasteiger partial charge is 0.388 e. The lowest BCUT2D eigenvalue weighted by molar-refractivity contribution is -0.385. The Bertz CT molecular complexity index is 456. The summed E-state index contributed by atoms with van der Waals surface area (Å²) >= 11 is 0. The van der Waals surface area contributed by atoms with E-state index in [-0.39, 0.29) is 5.69 Å². The van der Waals surface area contributed by atoms with Gasteiger partial charge in [-0.3, -0.25) is 10.1 Å². The summed E-state index contributed by atoms with van der Waals surface area (Å²) in [5.74, 6) is 0.598. The number of pyridine rings is 1. The normalized spacial score (nSPS) is 17.7. The molecule has 0 saturated heterocycles. The number of hydrogen-bond donors (Lipinski definition) is 2. The lowest BCUT2D eigenvalue weighted by Gasteiger charge is -2.23. The molecule has 0 bridgehead atoms. The summed E-state index contributed by atoms with van der Waals surface area (Å²) in [5.41, 5.74) is 0.0408. The van der Waals surface area contributed by atoms with E-state index in [0.29, 0.717) is 17.9 Å². The zero-order chi connectivity index (χ0) is 13.2. The minimum absolute atomic E-state index is 0.0161. The molecule has 0 aromatic carbocycles. The van der Waals surface area contributed by atoms with Crippen molar-refractivity contribution in [1.82, 2.24) is 4.98 Å². The molecule has 0 spiro atoms. The molecular weight excluding hydrogens is 234 g/mol. The van der Waals surface area contributed by atoms with E-state index in [9.17, 15) is 15.2 Å². The Balaban J connectivity index is 2.03. The van der Waals surface area contributed by atoms with E-state index in [4.69, 9.17) is 0 Å². The Hall–Kier alpha value is -1.69. The second-order valence-corrected chi connectivity index (χ2v) is 4.90. The van der Waals surface area contributed by atoms with Crippen LogP contribution >= 0.6 is 0 Å². The van der Waals surface area contributed by atoms with Crippen molar-refractivity contribution in [3.8, 4) is 0 Å². The minimum atomic E-state index is -0.657. The van der Waals surface area contributed by atoms with E-state index in [2.05, 4.69) is 10.3 Å². The van der Waals surface area contributed by atoms with Crippen molar-refractivity contribution in [2.45, 2.75) is 38.2 Å². The number of hydrogen-bond acceptors (Lipinski definition) is 5. The van der Waals surface area contributed by atoms with E-state index in [1.807, 2.05) is 0 Å². The Kier molecular flexibility index (Phi) is 3.47. The van der Waals surface area contributed by atoms with E-state index in [1.165, 1.54) is 12.3 Å². The van der Waals surface area contributed by atoms with Crippen LogP contribution in [-0.4, -0.2) is 27.2 Å². The van der Waals surface area contributed by atoms with Gasteiger partial charge in [0.05, 0.1) is 10.5 Å². The van der Waals surface area contributed by atoms with Gasteiger partial charge in [-0.1, -0.05) is 12.8 Å². The average molecular weight is 251 g/mol. The van der Waals surface area contributed by atoms with Gasteiger partial charge in [-0.2, -0.15) is 0 Å². The van der Waals surface area contributed by atoms with Crippen LogP contribution in [0.4, 0.5) is 11.5 Å². The Morgan fingerprint density at radius 3 is 2.78 bits per heavy atom. The number of rotatable bonds is 4. The first-order valence-corrected chi connectivity index (χ1v) is 6.07. The van der Waals surface area contributed by atoms with Gasteiger partial charge in [-0.05, 0) is 25.3 Å². The molecule has 6 heteroatoms. The maximum atomic E-state index is 10.6. The topological polar surface area (TPSA) is 88.3 Å². The van der Waals surface area contributed by atoms with Crippen LogP contribution in [0.15, 0.2) is 12.3 Å². The van der Waals surface area contributed by atoms with Crippen LogP contribution in [0.1, 0.15) is 31.2 Å². The van der Waals surface area contributed by atoms with Gasteiger partial charge in [0.2, 0.25) is 0 Å². The van der Waals surface area contributed by atoms with Crippen molar-refractivity contribution in [3.05, 3.63) is 27.9 Å². The number of nitrogens with one attached hydrogen (secondary N) is 1. The monoisotopic (exact) mass is 251 g/mol. The molecular formula is C12H17N3O3. The lowest BCUT2D eigenvalue weighted by Crippen LogP contribution is -2.33. The summed E-state index contributed by atoms with van der Waals surface area (Å²) in [7, 11) is 0. The zero-order valence-electron chi connectivity index (χ0n) is 10.3. The van der Waals surface area contributed by atoms with Gasteiger partial charge in [-0.15, -0.1) is 0 Å². The number of nitrogens with zero attached hydrogens (tertiary/aromatic N) is 2. The molecule has 1 aromatic rings. The quantitative estimate of drug-likeness (QED) is 0.631. The number of anilines is 1. The lowest BCUT2D eigenvalue weighted by atomic mass is 10.0. The van der Waals surface area contributed by atoms with Crippen LogP contribution in [0.2, 0.25) is 0 Å². The van der Waals surface area contributed by atoms with Crippen LogP contribution in [0.3, 0.4) is 0 Å². The van der Waals surface area contributed by atoms with Crippen molar-refractivity contribution >= 4 is 11.5 Å². The van der Waals surface area contributed by atoms with Crippen molar-refractivity contribution in [1.29, 1.82) is 0 Å². The maximum Gasteiger partial charge on any atom is 0.287 e. The van der Waals surface area contributed by atoms with E-state index in [1.54, 1.807) is 6.92 Å². The van der Waals surface area contributed by atoms with Crippen LogP contribution in [0.5, 0.6) is 0 Å². The predicted octanol–water partition coefficient (Wildman–Crippen LogP) is 2.02. The fourth-order valence-electron chi connectivity index (χ4n) is 2.30. The SMILES string of the molecule is Cc1cc([N+](=O)[O-])cnc1NCC1(O)CCCC1. The molecule has 2 rings (SSSR count). The highest BCUT2D eigenvalue weighted by Gasteiger charge is 2.30. The summed E-state index contributed by atoms with van der Waals surface area (Å²) in [6.07, 6.45) is 4.92. The van der Waals surface area contributed by atoms with Gasteiger partial charge in [-0.25, -0.2) is 4.98 Å². The first-order chi connectivity index (χ1) is 8.50. The first kappa shape index (κ1) is 12.8. The highest BCUT2D eigenvalue weighted by molar-refractivity contribution is 5.48.